The predicted octanol–water partition coefficient (Wildman–Crippen LogP) is 0.752. The molecule has 1 amide bonds. The number of halogens is 1. The summed E-state index contributed by atoms with van der Waals surface area (Å²) in [6, 6.07) is 6.32. The molecule has 5 nitrogen and oxygen atoms in total. The van der Waals surface area contributed by atoms with Gasteiger partial charge in [0.05, 0.1) is 12.9 Å². The summed E-state index contributed by atoms with van der Waals surface area (Å²) in [5.41, 5.74) is 11.2. The van der Waals surface area contributed by atoms with Gasteiger partial charge in [-0.15, -0.1) is 0 Å². The molecule has 88 valence electrons. The Labute approximate surface area is 96.9 Å². The maximum Gasteiger partial charge on any atom is 0.271 e. The van der Waals surface area contributed by atoms with Crippen LogP contribution in [0.3, 0.4) is 0 Å². The first-order valence-corrected chi connectivity index (χ1v) is 4.93. The number of carbonyl (C=O) groups excluding carboxylic acids is 1. The van der Waals surface area contributed by atoms with E-state index in [-0.39, 0.29) is 23.9 Å². The highest BCUT2D eigenvalue weighted by Crippen LogP contribution is 2.14. The van der Waals surface area contributed by atoms with E-state index in [0.717, 1.165) is 0 Å². The average Bonchev–Trinajstić information content (AvgIpc) is 2.64. The third-order valence-corrected chi connectivity index (χ3v) is 2.41. The van der Waals surface area contributed by atoms with E-state index in [1.807, 2.05) is 0 Å². The Hall–Kier alpha value is -2.37. The maximum atomic E-state index is 13.4. The van der Waals surface area contributed by atoms with Gasteiger partial charge in [0, 0.05) is 5.56 Å². The molecule has 1 aromatic carbocycles. The number of aromatic nitrogens is 2. The molecule has 0 aliphatic heterocycles. The molecule has 0 saturated heterocycles. The van der Waals surface area contributed by atoms with Gasteiger partial charge in [-0.25, -0.2) is 9.37 Å². The zero-order chi connectivity index (χ0) is 12.4. The highest BCUT2D eigenvalue weighted by atomic mass is 19.1. The lowest BCUT2D eigenvalue weighted by Crippen LogP contribution is -2.15. The monoisotopic (exact) mass is 234 g/mol. The van der Waals surface area contributed by atoms with Crippen molar-refractivity contribution < 1.29 is 9.18 Å². The molecule has 17 heavy (non-hydrogen) atoms. The fourth-order valence-corrected chi connectivity index (χ4v) is 1.52. The number of anilines is 1. The lowest BCUT2D eigenvalue weighted by molar-refractivity contribution is 0.0997. The van der Waals surface area contributed by atoms with E-state index in [9.17, 15) is 9.18 Å². The Morgan fingerprint density at radius 1 is 1.41 bits per heavy atom. The first-order chi connectivity index (χ1) is 8.09. The lowest BCUT2D eigenvalue weighted by atomic mass is 10.2. The predicted molar refractivity (Wildman–Crippen MR) is 60.7 cm³/mol. The lowest BCUT2D eigenvalue weighted by Gasteiger charge is -2.06. The summed E-state index contributed by atoms with van der Waals surface area (Å²) in [5, 5.41) is 0. The second kappa shape index (κ2) is 4.25. The van der Waals surface area contributed by atoms with Gasteiger partial charge < -0.3 is 16.0 Å². The van der Waals surface area contributed by atoms with E-state index >= 15 is 0 Å². The first-order valence-electron chi connectivity index (χ1n) is 4.93. The standard InChI is InChI=1S/C11H11FN4O/c12-8-4-2-1-3-7(8)5-16-6-15-9(10(16)13)11(14)17/h1-4,6H,5,13H2,(H2,14,17). The van der Waals surface area contributed by atoms with Crippen molar-refractivity contribution in [3.63, 3.8) is 0 Å². The van der Waals surface area contributed by atoms with E-state index in [2.05, 4.69) is 4.98 Å². The largest absolute Gasteiger partial charge is 0.383 e. The molecule has 1 heterocycles. The number of amides is 1. The number of nitrogens with two attached hydrogens (primary N) is 2. The summed E-state index contributed by atoms with van der Waals surface area (Å²) in [7, 11) is 0. The van der Waals surface area contributed by atoms with Crippen LogP contribution in [-0.2, 0) is 6.54 Å². The van der Waals surface area contributed by atoms with Crippen LogP contribution in [0.25, 0.3) is 0 Å². The minimum absolute atomic E-state index is 0.00124. The van der Waals surface area contributed by atoms with Crippen molar-refractivity contribution in [1.82, 2.24) is 9.55 Å². The molecular weight excluding hydrogens is 223 g/mol. The van der Waals surface area contributed by atoms with Crippen LogP contribution in [-0.4, -0.2) is 15.5 Å². The maximum absolute atomic E-state index is 13.4. The SMILES string of the molecule is NC(=O)c1ncn(Cc2ccccc2F)c1N. The van der Waals surface area contributed by atoms with Gasteiger partial charge in [0.2, 0.25) is 0 Å². The average molecular weight is 234 g/mol. The zero-order valence-corrected chi connectivity index (χ0v) is 8.93. The number of imidazole rings is 1. The second-order valence-electron chi connectivity index (χ2n) is 3.56. The Morgan fingerprint density at radius 2 is 2.12 bits per heavy atom. The van der Waals surface area contributed by atoms with Crippen LogP contribution in [0.5, 0.6) is 0 Å². The fraction of sp³-hybridized carbons (Fsp3) is 0.0909. The fourth-order valence-electron chi connectivity index (χ4n) is 1.52. The molecule has 6 heteroatoms. The van der Waals surface area contributed by atoms with Crippen molar-refractivity contribution in [1.29, 1.82) is 0 Å². The second-order valence-corrected chi connectivity index (χ2v) is 3.56. The molecule has 2 rings (SSSR count). The van der Waals surface area contributed by atoms with E-state index in [0.29, 0.717) is 5.56 Å². The van der Waals surface area contributed by atoms with Crippen molar-refractivity contribution >= 4 is 11.7 Å². The number of rotatable bonds is 3. The molecule has 0 atom stereocenters. The van der Waals surface area contributed by atoms with E-state index in [4.69, 9.17) is 11.5 Å². The van der Waals surface area contributed by atoms with E-state index in [1.165, 1.54) is 17.0 Å². The minimum Gasteiger partial charge on any atom is -0.383 e. The van der Waals surface area contributed by atoms with Gasteiger partial charge in [0.15, 0.2) is 5.69 Å². The molecule has 0 fully saturated rings. The summed E-state index contributed by atoms with van der Waals surface area (Å²) in [6.45, 7) is 0.207. The molecule has 0 saturated carbocycles. The summed E-state index contributed by atoms with van der Waals surface area (Å²) in [5.74, 6) is -0.892. The summed E-state index contributed by atoms with van der Waals surface area (Å²) in [4.78, 5) is 14.7. The molecule has 0 radical (unpaired) electrons. The quantitative estimate of drug-likeness (QED) is 0.821. The third kappa shape index (κ3) is 2.10. The number of benzene rings is 1. The zero-order valence-electron chi connectivity index (χ0n) is 8.93. The van der Waals surface area contributed by atoms with Gasteiger partial charge in [-0.3, -0.25) is 4.79 Å². The Balaban J connectivity index is 2.31. The van der Waals surface area contributed by atoms with Crippen LogP contribution in [0.1, 0.15) is 16.1 Å². The number of nitrogens with zero attached hydrogens (tertiary/aromatic N) is 2. The summed E-state index contributed by atoms with van der Waals surface area (Å²) >= 11 is 0. The van der Waals surface area contributed by atoms with E-state index in [1.54, 1.807) is 18.2 Å². The van der Waals surface area contributed by atoms with Gasteiger partial charge in [-0.2, -0.15) is 0 Å². The molecular formula is C11H11FN4O. The first kappa shape index (κ1) is 11.1. The van der Waals surface area contributed by atoms with Crippen molar-refractivity contribution in [2.24, 2.45) is 5.73 Å². The Bertz CT molecular complexity index is 564. The normalized spacial score (nSPS) is 10.4. The number of carbonyl (C=O) groups is 1. The topological polar surface area (TPSA) is 86.9 Å². The number of hydrogen-bond acceptors (Lipinski definition) is 3. The van der Waals surface area contributed by atoms with E-state index < -0.39 is 5.91 Å². The van der Waals surface area contributed by atoms with Gasteiger partial charge in [-0.05, 0) is 6.07 Å². The Morgan fingerprint density at radius 3 is 2.71 bits per heavy atom. The van der Waals surface area contributed by atoms with Gasteiger partial charge in [0.1, 0.15) is 11.6 Å². The molecule has 2 aromatic rings. The van der Waals surface area contributed by atoms with Crippen LogP contribution in [0.4, 0.5) is 10.2 Å². The van der Waals surface area contributed by atoms with Gasteiger partial charge in [0.25, 0.3) is 5.91 Å². The summed E-state index contributed by atoms with van der Waals surface area (Å²) < 4.78 is 14.9. The Kier molecular flexibility index (Phi) is 2.78. The number of nitrogen functional groups attached to an aromatic ring is 1. The van der Waals surface area contributed by atoms with Crippen molar-refractivity contribution in [3.05, 3.63) is 47.7 Å². The smallest absolute Gasteiger partial charge is 0.271 e. The van der Waals surface area contributed by atoms with Gasteiger partial charge >= 0.3 is 0 Å². The van der Waals surface area contributed by atoms with Crippen LogP contribution < -0.4 is 11.5 Å². The van der Waals surface area contributed by atoms with Crippen molar-refractivity contribution in [2.75, 3.05) is 5.73 Å². The van der Waals surface area contributed by atoms with Crippen LogP contribution >= 0.6 is 0 Å². The molecule has 1 aromatic heterocycles. The summed E-state index contributed by atoms with van der Waals surface area (Å²) in [6.07, 6.45) is 1.36. The molecule has 4 N–H and O–H groups in total. The van der Waals surface area contributed by atoms with Crippen LogP contribution in [0.2, 0.25) is 0 Å². The van der Waals surface area contributed by atoms with Crippen molar-refractivity contribution in [3.8, 4) is 0 Å². The van der Waals surface area contributed by atoms with Gasteiger partial charge in [-0.1, -0.05) is 18.2 Å². The molecule has 0 aliphatic rings. The van der Waals surface area contributed by atoms with Crippen molar-refractivity contribution in [2.45, 2.75) is 6.54 Å². The minimum atomic E-state index is -0.699. The molecule has 0 spiro atoms. The molecule has 0 bridgehead atoms. The van der Waals surface area contributed by atoms with Crippen LogP contribution in [0.15, 0.2) is 30.6 Å². The number of hydrogen-bond donors (Lipinski definition) is 2. The van der Waals surface area contributed by atoms with Crippen LogP contribution in [0, 0.1) is 5.82 Å². The highest BCUT2D eigenvalue weighted by molar-refractivity contribution is 5.95. The highest BCUT2D eigenvalue weighted by Gasteiger charge is 2.13. The molecule has 0 aliphatic carbocycles. The third-order valence-electron chi connectivity index (χ3n) is 2.41. The molecule has 0 unspecified atom stereocenters. The number of primary amides is 1.